The Morgan fingerprint density at radius 2 is 2.33 bits per heavy atom. The van der Waals surface area contributed by atoms with Crippen molar-refractivity contribution < 1.29 is 4.74 Å². The van der Waals surface area contributed by atoms with E-state index in [2.05, 4.69) is 32.2 Å². The summed E-state index contributed by atoms with van der Waals surface area (Å²) in [5.74, 6) is 0. The third kappa shape index (κ3) is 5.33. The smallest absolute Gasteiger partial charge is 0.0576 e. The molecule has 2 heteroatoms. The molecule has 0 aliphatic carbocycles. The van der Waals surface area contributed by atoms with Crippen molar-refractivity contribution in [3.05, 3.63) is 11.6 Å². The molecule has 1 fully saturated rings. The number of hydrogen-bond donors (Lipinski definition) is 1. The van der Waals surface area contributed by atoms with Crippen molar-refractivity contribution in [2.45, 2.75) is 58.6 Å². The molecule has 1 heterocycles. The van der Waals surface area contributed by atoms with E-state index in [1.54, 1.807) is 0 Å². The first kappa shape index (κ1) is 12.7. The zero-order valence-corrected chi connectivity index (χ0v) is 10.4. The Bertz CT molecular complexity index is 191. The normalized spacial score (nSPS) is 22.7. The van der Waals surface area contributed by atoms with E-state index in [0.717, 1.165) is 13.2 Å². The second-order valence-electron chi connectivity index (χ2n) is 4.62. The average Bonchev–Trinajstić information content (AvgIpc) is 2.66. The molecule has 0 aromatic rings. The summed E-state index contributed by atoms with van der Waals surface area (Å²) in [6.07, 6.45) is 7.76. The van der Waals surface area contributed by atoms with Crippen LogP contribution in [-0.4, -0.2) is 25.3 Å². The molecule has 1 rings (SSSR count). The summed E-state index contributed by atoms with van der Waals surface area (Å²) in [4.78, 5) is 0. The maximum atomic E-state index is 5.64. The molecule has 0 radical (unpaired) electrons. The molecule has 0 spiro atoms. The number of allylic oxidation sites excluding steroid dienone is 1. The van der Waals surface area contributed by atoms with Crippen molar-refractivity contribution in [2.75, 3.05) is 13.2 Å². The summed E-state index contributed by atoms with van der Waals surface area (Å²) in [6, 6.07) is 0.532. The minimum absolute atomic E-state index is 0.525. The van der Waals surface area contributed by atoms with Crippen molar-refractivity contribution in [1.82, 2.24) is 5.32 Å². The Kier molecular flexibility index (Phi) is 5.96. The molecule has 2 nitrogen and oxygen atoms in total. The lowest BCUT2D eigenvalue weighted by Gasteiger charge is -2.17. The van der Waals surface area contributed by atoms with Gasteiger partial charge in [-0.05, 0) is 46.1 Å². The van der Waals surface area contributed by atoms with Crippen LogP contribution in [0.1, 0.15) is 46.5 Å². The standard InChI is InChI=1S/C13H25NO/c1-4-14-12(10-11(2)3)7-8-13-6-5-9-15-13/h10,12-14H,4-9H2,1-3H3. The predicted molar refractivity (Wildman–Crippen MR) is 65.1 cm³/mol. The summed E-state index contributed by atoms with van der Waals surface area (Å²) in [7, 11) is 0. The van der Waals surface area contributed by atoms with Gasteiger partial charge in [0.05, 0.1) is 6.10 Å². The van der Waals surface area contributed by atoms with Crippen LogP contribution >= 0.6 is 0 Å². The molecule has 2 atom stereocenters. The highest BCUT2D eigenvalue weighted by atomic mass is 16.5. The number of hydrogen-bond acceptors (Lipinski definition) is 2. The molecule has 1 aliphatic heterocycles. The highest BCUT2D eigenvalue weighted by Gasteiger charge is 2.16. The van der Waals surface area contributed by atoms with Crippen molar-refractivity contribution >= 4 is 0 Å². The zero-order valence-electron chi connectivity index (χ0n) is 10.4. The van der Waals surface area contributed by atoms with E-state index in [0.29, 0.717) is 12.1 Å². The van der Waals surface area contributed by atoms with Crippen LogP contribution in [0.2, 0.25) is 0 Å². The molecule has 0 aromatic carbocycles. The Labute approximate surface area is 94.1 Å². The van der Waals surface area contributed by atoms with E-state index in [-0.39, 0.29) is 0 Å². The summed E-state index contributed by atoms with van der Waals surface area (Å²) in [5.41, 5.74) is 1.40. The van der Waals surface area contributed by atoms with Gasteiger partial charge in [-0.3, -0.25) is 0 Å². The summed E-state index contributed by atoms with van der Waals surface area (Å²) < 4.78 is 5.64. The van der Waals surface area contributed by atoms with Crippen LogP contribution in [0.25, 0.3) is 0 Å². The van der Waals surface area contributed by atoms with Crippen LogP contribution in [0.3, 0.4) is 0 Å². The van der Waals surface area contributed by atoms with E-state index < -0.39 is 0 Å². The Balaban J connectivity index is 2.26. The van der Waals surface area contributed by atoms with E-state index in [9.17, 15) is 0 Å². The third-order valence-electron chi connectivity index (χ3n) is 2.82. The first-order valence-corrected chi connectivity index (χ1v) is 6.22. The zero-order chi connectivity index (χ0) is 11.1. The Morgan fingerprint density at radius 3 is 2.87 bits per heavy atom. The van der Waals surface area contributed by atoms with E-state index in [1.807, 2.05) is 0 Å². The molecule has 1 N–H and O–H groups in total. The van der Waals surface area contributed by atoms with Crippen LogP contribution in [0.4, 0.5) is 0 Å². The summed E-state index contributed by atoms with van der Waals surface area (Å²) in [5, 5.41) is 3.51. The van der Waals surface area contributed by atoms with Gasteiger partial charge in [0.15, 0.2) is 0 Å². The van der Waals surface area contributed by atoms with Gasteiger partial charge in [-0.25, -0.2) is 0 Å². The van der Waals surface area contributed by atoms with Crippen molar-refractivity contribution in [3.63, 3.8) is 0 Å². The molecule has 0 amide bonds. The summed E-state index contributed by atoms with van der Waals surface area (Å²) >= 11 is 0. The fourth-order valence-electron chi connectivity index (χ4n) is 2.15. The van der Waals surface area contributed by atoms with Crippen LogP contribution in [0, 0.1) is 0 Å². The lowest BCUT2D eigenvalue weighted by Crippen LogP contribution is -2.28. The average molecular weight is 211 g/mol. The second-order valence-corrected chi connectivity index (χ2v) is 4.62. The summed E-state index contributed by atoms with van der Waals surface area (Å²) in [6.45, 7) is 8.50. The first-order chi connectivity index (χ1) is 7.22. The number of ether oxygens (including phenoxy) is 1. The second kappa shape index (κ2) is 7.02. The van der Waals surface area contributed by atoms with Crippen molar-refractivity contribution in [2.24, 2.45) is 0 Å². The van der Waals surface area contributed by atoms with E-state index >= 15 is 0 Å². The van der Waals surface area contributed by atoms with Gasteiger partial charge in [0, 0.05) is 12.6 Å². The quantitative estimate of drug-likeness (QED) is 0.682. The Hall–Kier alpha value is -0.340. The molecule has 1 aliphatic rings. The maximum Gasteiger partial charge on any atom is 0.0576 e. The molecule has 0 saturated carbocycles. The minimum Gasteiger partial charge on any atom is -0.378 e. The third-order valence-corrected chi connectivity index (χ3v) is 2.82. The largest absolute Gasteiger partial charge is 0.378 e. The van der Waals surface area contributed by atoms with Gasteiger partial charge in [0.25, 0.3) is 0 Å². The fraction of sp³-hybridized carbons (Fsp3) is 0.846. The van der Waals surface area contributed by atoms with Gasteiger partial charge in [0.1, 0.15) is 0 Å². The van der Waals surface area contributed by atoms with Gasteiger partial charge in [0.2, 0.25) is 0 Å². The predicted octanol–water partition coefficient (Wildman–Crippen LogP) is 2.89. The lowest BCUT2D eigenvalue weighted by molar-refractivity contribution is 0.101. The van der Waals surface area contributed by atoms with Gasteiger partial charge in [-0.15, -0.1) is 0 Å². The molecule has 15 heavy (non-hydrogen) atoms. The molecular formula is C13H25NO. The molecule has 88 valence electrons. The molecule has 2 unspecified atom stereocenters. The minimum atomic E-state index is 0.525. The topological polar surface area (TPSA) is 21.3 Å². The SMILES string of the molecule is CCNC(C=C(C)C)CCC1CCCO1. The van der Waals surface area contributed by atoms with Crippen molar-refractivity contribution in [1.29, 1.82) is 0 Å². The molecule has 1 saturated heterocycles. The number of rotatable bonds is 6. The monoisotopic (exact) mass is 211 g/mol. The van der Waals surface area contributed by atoms with Gasteiger partial charge < -0.3 is 10.1 Å². The molecule has 0 aromatic heterocycles. The maximum absolute atomic E-state index is 5.64. The van der Waals surface area contributed by atoms with Gasteiger partial charge >= 0.3 is 0 Å². The highest BCUT2D eigenvalue weighted by molar-refractivity contribution is 5.01. The number of nitrogens with one attached hydrogen (secondary N) is 1. The Morgan fingerprint density at radius 1 is 1.53 bits per heavy atom. The fourth-order valence-corrected chi connectivity index (χ4v) is 2.15. The van der Waals surface area contributed by atoms with Crippen molar-refractivity contribution in [3.8, 4) is 0 Å². The lowest BCUT2D eigenvalue weighted by atomic mass is 10.0. The number of likely N-dealkylation sites (N-methyl/N-ethyl adjacent to an activating group) is 1. The van der Waals surface area contributed by atoms with Crippen LogP contribution in [0.5, 0.6) is 0 Å². The van der Waals surface area contributed by atoms with E-state index in [1.165, 1.54) is 31.3 Å². The van der Waals surface area contributed by atoms with Crippen LogP contribution in [-0.2, 0) is 4.74 Å². The van der Waals surface area contributed by atoms with Gasteiger partial charge in [-0.1, -0.05) is 18.6 Å². The van der Waals surface area contributed by atoms with Crippen LogP contribution < -0.4 is 5.32 Å². The molecular weight excluding hydrogens is 186 g/mol. The van der Waals surface area contributed by atoms with E-state index in [4.69, 9.17) is 4.74 Å². The highest BCUT2D eigenvalue weighted by Crippen LogP contribution is 2.18. The van der Waals surface area contributed by atoms with Gasteiger partial charge in [-0.2, -0.15) is 0 Å². The molecule has 0 bridgehead atoms. The first-order valence-electron chi connectivity index (χ1n) is 6.22. The van der Waals surface area contributed by atoms with Crippen LogP contribution in [0.15, 0.2) is 11.6 Å².